The van der Waals surface area contributed by atoms with Crippen molar-refractivity contribution in [3.8, 4) is 0 Å². The zero-order valence-corrected chi connectivity index (χ0v) is 8.04. The molecule has 0 aromatic carbocycles. The van der Waals surface area contributed by atoms with E-state index in [1.165, 1.54) is 18.3 Å². The maximum Gasteiger partial charge on any atom is 0.187 e. The van der Waals surface area contributed by atoms with Gasteiger partial charge in [0.2, 0.25) is 0 Å². The maximum atomic E-state index is 11.0. The average molecular weight is 203 g/mol. The molecule has 1 rings (SSSR count). The average Bonchev–Trinajstić information content (AvgIpc) is 2.51. The number of hydrogen-bond acceptors (Lipinski definition) is 3. The van der Waals surface area contributed by atoms with Crippen molar-refractivity contribution in [1.82, 2.24) is 0 Å². The molecule has 0 saturated heterocycles. The summed E-state index contributed by atoms with van der Waals surface area (Å²) in [5.41, 5.74) is 0. The van der Waals surface area contributed by atoms with Crippen LogP contribution >= 0.6 is 22.9 Å². The number of Topliss-reactive ketones (excluding diaryl/α,β-unsaturated/α-hetero) is 2. The highest BCUT2D eigenvalue weighted by Crippen LogP contribution is 2.17. The molecule has 0 saturated carbocycles. The molecular formula is C8H7ClO2S. The summed E-state index contributed by atoms with van der Waals surface area (Å²) < 4.78 is 0. The van der Waals surface area contributed by atoms with E-state index in [4.69, 9.17) is 11.6 Å². The summed E-state index contributed by atoms with van der Waals surface area (Å²) in [6, 6.07) is 3.28. The van der Waals surface area contributed by atoms with Crippen LogP contribution in [0.25, 0.3) is 0 Å². The molecule has 0 aliphatic rings. The number of rotatable bonds is 3. The zero-order valence-electron chi connectivity index (χ0n) is 6.46. The minimum Gasteiger partial charge on any atom is -0.294 e. The molecule has 0 aliphatic carbocycles. The number of ketones is 2. The van der Waals surface area contributed by atoms with E-state index < -0.39 is 0 Å². The second kappa shape index (κ2) is 3.83. The molecule has 1 heterocycles. The largest absolute Gasteiger partial charge is 0.294 e. The van der Waals surface area contributed by atoms with Crippen molar-refractivity contribution in [3.63, 3.8) is 0 Å². The normalized spacial score (nSPS) is 9.83. The van der Waals surface area contributed by atoms with Crippen LogP contribution in [0.5, 0.6) is 0 Å². The molecule has 64 valence electrons. The topological polar surface area (TPSA) is 34.1 Å². The van der Waals surface area contributed by atoms with Crippen LogP contribution in [-0.4, -0.2) is 17.4 Å². The van der Waals surface area contributed by atoms with Gasteiger partial charge in [-0.2, -0.15) is 0 Å². The van der Waals surface area contributed by atoms with E-state index in [1.54, 1.807) is 12.1 Å². The van der Waals surface area contributed by atoms with E-state index in [0.29, 0.717) is 9.75 Å². The third kappa shape index (κ3) is 1.93. The van der Waals surface area contributed by atoms with Crippen molar-refractivity contribution in [1.29, 1.82) is 0 Å². The lowest BCUT2D eigenvalue weighted by atomic mass is 10.3. The molecule has 0 bridgehead atoms. The monoisotopic (exact) mass is 202 g/mol. The molecule has 0 amide bonds. The first-order chi connectivity index (χ1) is 5.65. The van der Waals surface area contributed by atoms with Gasteiger partial charge in [-0.3, -0.25) is 9.59 Å². The van der Waals surface area contributed by atoms with Gasteiger partial charge in [0.1, 0.15) is 0 Å². The van der Waals surface area contributed by atoms with Gasteiger partial charge in [-0.25, -0.2) is 0 Å². The first kappa shape index (κ1) is 9.42. The Morgan fingerprint density at radius 3 is 2.42 bits per heavy atom. The molecule has 0 unspecified atom stereocenters. The Bertz CT molecular complexity index is 317. The summed E-state index contributed by atoms with van der Waals surface area (Å²) in [4.78, 5) is 23.0. The molecule has 0 spiro atoms. The quantitative estimate of drug-likeness (QED) is 0.557. The molecule has 0 fully saturated rings. The van der Waals surface area contributed by atoms with Crippen molar-refractivity contribution < 1.29 is 9.59 Å². The highest BCUT2D eigenvalue weighted by Gasteiger charge is 2.09. The fourth-order valence-corrected chi connectivity index (χ4v) is 1.80. The van der Waals surface area contributed by atoms with Crippen LogP contribution in [-0.2, 0) is 0 Å². The number of alkyl halides is 1. The van der Waals surface area contributed by atoms with Gasteiger partial charge in [0.25, 0.3) is 0 Å². The van der Waals surface area contributed by atoms with E-state index in [0.717, 1.165) is 0 Å². The van der Waals surface area contributed by atoms with Crippen molar-refractivity contribution in [2.45, 2.75) is 6.92 Å². The first-order valence-electron chi connectivity index (χ1n) is 3.35. The second-order valence-corrected chi connectivity index (χ2v) is 3.63. The van der Waals surface area contributed by atoms with Gasteiger partial charge < -0.3 is 0 Å². The third-order valence-electron chi connectivity index (χ3n) is 1.35. The van der Waals surface area contributed by atoms with Gasteiger partial charge >= 0.3 is 0 Å². The highest BCUT2D eigenvalue weighted by molar-refractivity contribution is 7.16. The molecule has 0 radical (unpaired) electrons. The Hall–Kier alpha value is -0.670. The van der Waals surface area contributed by atoms with Gasteiger partial charge in [0, 0.05) is 0 Å². The SMILES string of the molecule is CC(=O)c1ccc(C(=O)CCl)s1. The molecule has 0 atom stereocenters. The van der Waals surface area contributed by atoms with Crippen LogP contribution < -0.4 is 0 Å². The summed E-state index contributed by atoms with van der Waals surface area (Å²) in [5.74, 6) is -0.180. The zero-order chi connectivity index (χ0) is 9.14. The first-order valence-corrected chi connectivity index (χ1v) is 4.70. The standard InChI is InChI=1S/C8H7ClO2S/c1-5(10)7-2-3-8(12-7)6(11)4-9/h2-3H,4H2,1H3. The number of hydrogen-bond donors (Lipinski definition) is 0. The lowest BCUT2D eigenvalue weighted by molar-refractivity contribution is 0.101. The van der Waals surface area contributed by atoms with Crippen LogP contribution in [0.15, 0.2) is 12.1 Å². The molecule has 12 heavy (non-hydrogen) atoms. The Morgan fingerprint density at radius 2 is 2.00 bits per heavy atom. The van der Waals surface area contributed by atoms with Gasteiger partial charge in [0.15, 0.2) is 11.6 Å². The van der Waals surface area contributed by atoms with Crippen LogP contribution in [0.4, 0.5) is 0 Å². The fourth-order valence-electron chi connectivity index (χ4n) is 0.743. The van der Waals surface area contributed by atoms with Crippen LogP contribution in [0.2, 0.25) is 0 Å². The molecule has 1 aromatic rings. The Balaban J connectivity index is 2.91. The smallest absolute Gasteiger partial charge is 0.187 e. The second-order valence-electron chi connectivity index (χ2n) is 2.28. The van der Waals surface area contributed by atoms with E-state index in [1.807, 2.05) is 0 Å². The molecular weight excluding hydrogens is 196 g/mol. The highest BCUT2D eigenvalue weighted by atomic mass is 35.5. The van der Waals surface area contributed by atoms with Crippen molar-refractivity contribution in [2.75, 3.05) is 5.88 Å². The lowest BCUT2D eigenvalue weighted by Gasteiger charge is -1.87. The Labute approximate surface area is 79.2 Å². The predicted molar refractivity (Wildman–Crippen MR) is 49.4 cm³/mol. The van der Waals surface area contributed by atoms with E-state index in [-0.39, 0.29) is 17.4 Å². The lowest BCUT2D eigenvalue weighted by Crippen LogP contribution is -1.95. The summed E-state index contributed by atoms with van der Waals surface area (Å²) >= 11 is 6.54. The van der Waals surface area contributed by atoms with Gasteiger partial charge in [-0.05, 0) is 19.1 Å². The Kier molecular flexibility index (Phi) is 3.00. The summed E-state index contributed by atoms with van der Waals surface area (Å²) in [5, 5.41) is 0. The van der Waals surface area contributed by atoms with Crippen molar-refractivity contribution >= 4 is 34.5 Å². The predicted octanol–water partition coefficient (Wildman–Crippen LogP) is 2.37. The van der Waals surface area contributed by atoms with E-state index in [2.05, 4.69) is 0 Å². The molecule has 0 aliphatic heterocycles. The van der Waals surface area contributed by atoms with Crippen molar-refractivity contribution in [2.24, 2.45) is 0 Å². The van der Waals surface area contributed by atoms with Gasteiger partial charge in [-0.15, -0.1) is 22.9 Å². The fraction of sp³-hybridized carbons (Fsp3) is 0.250. The van der Waals surface area contributed by atoms with Gasteiger partial charge in [-0.1, -0.05) is 0 Å². The number of carbonyl (C=O) groups is 2. The van der Waals surface area contributed by atoms with Crippen LogP contribution in [0.1, 0.15) is 26.3 Å². The minimum atomic E-state index is -0.130. The Morgan fingerprint density at radius 1 is 1.42 bits per heavy atom. The number of halogens is 1. The minimum absolute atomic E-state index is 0.0198. The summed E-state index contributed by atoms with van der Waals surface area (Å²) in [6.45, 7) is 1.47. The number of thiophene rings is 1. The summed E-state index contributed by atoms with van der Waals surface area (Å²) in [7, 11) is 0. The summed E-state index contributed by atoms with van der Waals surface area (Å²) in [6.07, 6.45) is 0. The molecule has 2 nitrogen and oxygen atoms in total. The van der Waals surface area contributed by atoms with Gasteiger partial charge in [0.05, 0.1) is 15.6 Å². The van der Waals surface area contributed by atoms with E-state index >= 15 is 0 Å². The third-order valence-corrected chi connectivity index (χ3v) is 2.82. The molecule has 4 heteroatoms. The van der Waals surface area contributed by atoms with E-state index in [9.17, 15) is 9.59 Å². The molecule has 0 N–H and O–H groups in total. The maximum absolute atomic E-state index is 11.0. The molecule has 1 aromatic heterocycles. The van der Waals surface area contributed by atoms with Crippen LogP contribution in [0.3, 0.4) is 0 Å². The van der Waals surface area contributed by atoms with Crippen LogP contribution in [0, 0.1) is 0 Å². The van der Waals surface area contributed by atoms with Crippen molar-refractivity contribution in [3.05, 3.63) is 21.9 Å². The number of carbonyl (C=O) groups excluding carboxylic acids is 2.